The minimum atomic E-state index is -0.748. The molecule has 1 aliphatic heterocycles. The van der Waals surface area contributed by atoms with Gasteiger partial charge in [0.05, 0.1) is 19.8 Å². The fourth-order valence-electron chi connectivity index (χ4n) is 3.01. The average Bonchev–Trinajstić information content (AvgIpc) is 2.64. The fraction of sp³-hybridized carbons (Fsp3) is 0.632. The quantitative estimate of drug-likeness (QED) is 0.638. The second-order valence-corrected chi connectivity index (χ2v) is 6.24. The van der Waals surface area contributed by atoms with Crippen molar-refractivity contribution in [2.24, 2.45) is 0 Å². The van der Waals surface area contributed by atoms with Crippen molar-refractivity contribution in [3.8, 4) is 0 Å². The van der Waals surface area contributed by atoms with Crippen molar-refractivity contribution >= 4 is 24.0 Å². The minimum absolute atomic E-state index is 0. The molecule has 2 rings (SSSR count). The molecule has 1 saturated heterocycles. The summed E-state index contributed by atoms with van der Waals surface area (Å²) in [4.78, 5) is 12.8. The summed E-state index contributed by atoms with van der Waals surface area (Å²) in [6, 6.07) is 5.87. The van der Waals surface area contributed by atoms with Gasteiger partial charge in [0.2, 0.25) is 0 Å². The molecular weight excluding hydrogens is 356 g/mol. The number of carbonyl (C=O) groups is 1. The third-order valence-corrected chi connectivity index (χ3v) is 4.74. The van der Waals surface area contributed by atoms with Gasteiger partial charge in [-0.3, -0.25) is 4.79 Å². The molecule has 0 aliphatic carbocycles. The standard InChI is InChI=1S/C19H30N2O4.ClH/c1-4-24-12-13-25-14-16-6-5-7-17(15(16)2)21-18(22)19(23-3)8-10-20-11-9-19;/h5-7,20H,4,8-14H2,1-3H3,(H,21,22);1H. The number of rotatable bonds is 9. The molecule has 0 unspecified atom stereocenters. The van der Waals surface area contributed by atoms with Crippen LogP contribution < -0.4 is 10.6 Å². The Bertz CT molecular complexity index is 562. The van der Waals surface area contributed by atoms with Crippen LogP contribution in [0.4, 0.5) is 5.69 Å². The molecule has 1 heterocycles. The topological polar surface area (TPSA) is 68.8 Å². The minimum Gasteiger partial charge on any atom is -0.379 e. The van der Waals surface area contributed by atoms with Crippen molar-refractivity contribution in [2.45, 2.75) is 38.9 Å². The molecule has 0 aromatic heterocycles. The van der Waals surface area contributed by atoms with Gasteiger partial charge in [-0.15, -0.1) is 12.4 Å². The van der Waals surface area contributed by atoms with Gasteiger partial charge < -0.3 is 24.8 Å². The highest BCUT2D eigenvalue weighted by atomic mass is 35.5. The fourth-order valence-corrected chi connectivity index (χ4v) is 3.01. The first-order chi connectivity index (χ1) is 12.1. The van der Waals surface area contributed by atoms with Crippen molar-refractivity contribution < 1.29 is 19.0 Å². The van der Waals surface area contributed by atoms with Crippen LogP contribution in [0.15, 0.2) is 18.2 Å². The van der Waals surface area contributed by atoms with Crippen molar-refractivity contribution in [3.63, 3.8) is 0 Å². The van der Waals surface area contributed by atoms with Gasteiger partial charge in [-0.2, -0.15) is 0 Å². The molecule has 1 amide bonds. The van der Waals surface area contributed by atoms with Crippen molar-refractivity contribution in [2.75, 3.05) is 45.3 Å². The van der Waals surface area contributed by atoms with Crippen LogP contribution in [-0.2, 0) is 25.6 Å². The molecule has 0 bridgehead atoms. The van der Waals surface area contributed by atoms with Gasteiger partial charge >= 0.3 is 0 Å². The summed E-state index contributed by atoms with van der Waals surface area (Å²) in [5, 5.41) is 6.31. The van der Waals surface area contributed by atoms with Gasteiger partial charge in [0.25, 0.3) is 5.91 Å². The van der Waals surface area contributed by atoms with E-state index in [-0.39, 0.29) is 18.3 Å². The highest BCUT2D eigenvalue weighted by Gasteiger charge is 2.39. The number of methoxy groups -OCH3 is 1. The van der Waals surface area contributed by atoms with Gasteiger partial charge in [0.1, 0.15) is 5.60 Å². The molecule has 26 heavy (non-hydrogen) atoms. The Morgan fingerprint density at radius 3 is 2.58 bits per heavy atom. The molecule has 0 atom stereocenters. The molecule has 0 spiro atoms. The van der Waals surface area contributed by atoms with Crippen LogP contribution in [-0.4, -0.2) is 51.5 Å². The second-order valence-electron chi connectivity index (χ2n) is 6.24. The Morgan fingerprint density at radius 2 is 1.92 bits per heavy atom. The largest absolute Gasteiger partial charge is 0.379 e. The van der Waals surface area contributed by atoms with Gasteiger partial charge in [0.15, 0.2) is 0 Å². The maximum absolute atomic E-state index is 12.8. The number of piperidine rings is 1. The lowest BCUT2D eigenvalue weighted by molar-refractivity contribution is -0.140. The van der Waals surface area contributed by atoms with Crippen LogP contribution in [0.1, 0.15) is 30.9 Å². The van der Waals surface area contributed by atoms with Gasteiger partial charge in [-0.1, -0.05) is 12.1 Å². The number of amides is 1. The molecular formula is C19H31ClN2O4. The van der Waals surface area contributed by atoms with E-state index in [0.29, 0.717) is 39.3 Å². The normalized spacial score (nSPS) is 16.0. The van der Waals surface area contributed by atoms with E-state index in [1.54, 1.807) is 7.11 Å². The smallest absolute Gasteiger partial charge is 0.256 e. The number of ether oxygens (including phenoxy) is 3. The van der Waals surface area contributed by atoms with Gasteiger partial charge in [0, 0.05) is 19.4 Å². The molecule has 1 aromatic carbocycles. The van der Waals surface area contributed by atoms with Gasteiger partial charge in [-0.25, -0.2) is 0 Å². The van der Waals surface area contributed by atoms with E-state index in [1.165, 1.54) is 0 Å². The summed E-state index contributed by atoms with van der Waals surface area (Å²) in [5.41, 5.74) is 2.14. The Balaban J connectivity index is 0.00000338. The molecule has 7 heteroatoms. The predicted molar refractivity (Wildman–Crippen MR) is 105 cm³/mol. The monoisotopic (exact) mass is 386 g/mol. The summed E-state index contributed by atoms with van der Waals surface area (Å²) < 4.78 is 16.5. The highest BCUT2D eigenvalue weighted by Crippen LogP contribution is 2.26. The van der Waals surface area contributed by atoms with E-state index in [9.17, 15) is 4.79 Å². The Morgan fingerprint density at radius 1 is 1.23 bits per heavy atom. The molecule has 148 valence electrons. The molecule has 1 aromatic rings. The molecule has 1 fully saturated rings. The number of hydrogen-bond acceptors (Lipinski definition) is 5. The summed E-state index contributed by atoms with van der Waals surface area (Å²) in [6.07, 6.45) is 1.35. The third-order valence-electron chi connectivity index (χ3n) is 4.74. The number of benzene rings is 1. The van der Waals surface area contributed by atoms with E-state index < -0.39 is 5.60 Å². The maximum Gasteiger partial charge on any atom is 0.256 e. The van der Waals surface area contributed by atoms with E-state index in [4.69, 9.17) is 14.2 Å². The summed E-state index contributed by atoms with van der Waals surface area (Å²) in [7, 11) is 1.61. The lowest BCUT2D eigenvalue weighted by atomic mass is 9.91. The zero-order valence-electron chi connectivity index (χ0n) is 15.9. The van der Waals surface area contributed by atoms with E-state index in [2.05, 4.69) is 10.6 Å². The summed E-state index contributed by atoms with van der Waals surface area (Å²) >= 11 is 0. The second kappa shape index (κ2) is 11.5. The number of carbonyl (C=O) groups excluding carboxylic acids is 1. The molecule has 1 aliphatic rings. The summed E-state index contributed by atoms with van der Waals surface area (Å²) in [5.74, 6) is -0.0750. The van der Waals surface area contributed by atoms with Crippen LogP contribution in [0, 0.1) is 6.92 Å². The molecule has 0 radical (unpaired) electrons. The first-order valence-corrected chi connectivity index (χ1v) is 8.94. The Hall–Kier alpha value is -1.18. The van der Waals surface area contributed by atoms with E-state index in [0.717, 1.165) is 29.9 Å². The number of nitrogens with one attached hydrogen (secondary N) is 2. The first kappa shape index (κ1) is 22.9. The van der Waals surface area contributed by atoms with Crippen LogP contribution in [0.3, 0.4) is 0 Å². The number of halogens is 1. The Kier molecular flexibility index (Phi) is 10.1. The predicted octanol–water partition coefficient (Wildman–Crippen LogP) is 2.68. The number of hydrogen-bond donors (Lipinski definition) is 2. The van der Waals surface area contributed by atoms with Crippen LogP contribution in [0.2, 0.25) is 0 Å². The van der Waals surface area contributed by atoms with Crippen molar-refractivity contribution in [1.29, 1.82) is 0 Å². The van der Waals surface area contributed by atoms with Crippen molar-refractivity contribution in [3.05, 3.63) is 29.3 Å². The van der Waals surface area contributed by atoms with Crippen LogP contribution >= 0.6 is 12.4 Å². The van der Waals surface area contributed by atoms with Crippen molar-refractivity contribution in [1.82, 2.24) is 5.32 Å². The molecule has 6 nitrogen and oxygen atoms in total. The SMILES string of the molecule is CCOCCOCc1cccc(NC(=O)C2(OC)CCNCC2)c1C.Cl. The highest BCUT2D eigenvalue weighted by molar-refractivity contribution is 5.98. The van der Waals surface area contributed by atoms with Gasteiger partial charge in [-0.05, 0) is 57.0 Å². The lowest BCUT2D eigenvalue weighted by Gasteiger charge is -2.35. The zero-order chi connectivity index (χ0) is 18.1. The van der Waals surface area contributed by atoms with E-state index in [1.807, 2.05) is 32.0 Å². The zero-order valence-corrected chi connectivity index (χ0v) is 16.7. The van der Waals surface area contributed by atoms with Crippen LogP contribution in [0.5, 0.6) is 0 Å². The third kappa shape index (κ3) is 5.93. The van der Waals surface area contributed by atoms with Crippen LogP contribution in [0.25, 0.3) is 0 Å². The average molecular weight is 387 g/mol. The lowest BCUT2D eigenvalue weighted by Crippen LogP contribution is -2.51. The summed E-state index contributed by atoms with van der Waals surface area (Å²) in [6.45, 7) is 7.88. The molecule has 0 saturated carbocycles. The Labute approximate surface area is 162 Å². The first-order valence-electron chi connectivity index (χ1n) is 8.94. The number of anilines is 1. The van der Waals surface area contributed by atoms with E-state index >= 15 is 0 Å². The molecule has 2 N–H and O–H groups in total. The maximum atomic E-state index is 12.8.